The molecule has 8 heteroatoms. The van der Waals surface area contributed by atoms with Crippen LogP contribution in [0, 0.1) is 0 Å². The zero-order valence-electron chi connectivity index (χ0n) is 8.86. The predicted octanol–water partition coefficient (Wildman–Crippen LogP) is 0.514. The Kier molecular flexibility index (Phi) is 7.90. The van der Waals surface area contributed by atoms with Crippen molar-refractivity contribution in [2.45, 2.75) is 6.54 Å². The topological polar surface area (TPSA) is 84.2 Å². The number of carbonyl (C=O) groups excluding carboxylic acids is 2. The molecule has 0 radical (unpaired) electrons. The Morgan fingerprint density at radius 2 is 2.00 bits per heavy atom. The maximum Gasteiger partial charge on any atom is 0.239 e. The number of amides is 2. The molecular weight excluding hydrogens is 285 g/mol. The first-order chi connectivity index (χ1) is 7.61. The van der Waals surface area contributed by atoms with Crippen LogP contribution in [0.4, 0.5) is 0 Å². The second-order valence-corrected chi connectivity index (χ2v) is 4.76. The normalized spacial score (nSPS) is 9.29. The van der Waals surface area contributed by atoms with Gasteiger partial charge in [0.15, 0.2) is 0 Å². The second kappa shape index (κ2) is 8.30. The number of nitrogens with one attached hydrogen (secondary N) is 2. The SMILES string of the molecule is Cl.NCC(=O)NCC(=O)NCc1ccc(Cl)s1. The molecule has 17 heavy (non-hydrogen) atoms. The van der Waals surface area contributed by atoms with Gasteiger partial charge in [-0.1, -0.05) is 11.6 Å². The fourth-order valence-corrected chi connectivity index (χ4v) is 1.97. The molecule has 96 valence electrons. The molecule has 5 nitrogen and oxygen atoms in total. The van der Waals surface area contributed by atoms with Gasteiger partial charge < -0.3 is 16.4 Å². The monoisotopic (exact) mass is 297 g/mol. The van der Waals surface area contributed by atoms with Crippen molar-refractivity contribution in [2.24, 2.45) is 5.73 Å². The fraction of sp³-hybridized carbons (Fsp3) is 0.333. The molecule has 0 saturated carbocycles. The van der Waals surface area contributed by atoms with Gasteiger partial charge in [0, 0.05) is 4.88 Å². The summed E-state index contributed by atoms with van der Waals surface area (Å²) in [7, 11) is 0. The Bertz CT molecular complexity index is 384. The highest BCUT2D eigenvalue weighted by Gasteiger charge is 2.04. The first-order valence-electron chi connectivity index (χ1n) is 4.59. The van der Waals surface area contributed by atoms with E-state index in [4.69, 9.17) is 17.3 Å². The maximum atomic E-state index is 11.2. The minimum atomic E-state index is -0.352. The molecule has 0 saturated heterocycles. The van der Waals surface area contributed by atoms with E-state index < -0.39 is 0 Å². The quantitative estimate of drug-likeness (QED) is 0.741. The van der Waals surface area contributed by atoms with Crippen molar-refractivity contribution in [3.05, 3.63) is 21.3 Å². The molecule has 1 rings (SSSR count). The van der Waals surface area contributed by atoms with E-state index in [1.807, 2.05) is 6.07 Å². The lowest BCUT2D eigenvalue weighted by Crippen LogP contribution is -2.39. The molecule has 0 spiro atoms. The highest BCUT2D eigenvalue weighted by molar-refractivity contribution is 7.16. The molecular formula is C9H13Cl2N3O2S. The lowest BCUT2D eigenvalue weighted by atomic mass is 10.4. The number of hydrogen-bond acceptors (Lipinski definition) is 4. The Hall–Kier alpha value is -0.820. The first kappa shape index (κ1) is 16.2. The van der Waals surface area contributed by atoms with Crippen LogP contribution in [0.2, 0.25) is 4.34 Å². The van der Waals surface area contributed by atoms with Crippen LogP contribution >= 0.6 is 35.3 Å². The molecule has 0 unspecified atom stereocenters. The predicted molar refractivity (Wildman–Crippen MR) is 70.5 cm³/mol. The summed E-state index contributed by atoms with van der Waals surface area (Å²) in [6.07, 6.45) is 0. The summed E-state index contributed by atoms with van der Waals surface area (Å²) in [5.41, 5.74) is 5.07. The zero-order chi connectivity index (χ0) is 12.0. The number of rotatable bonds is 5. The van der Waals surface area contributed by atoms with E-state index in [9.17, 15) is 9.59 Å². The Morgan fingerprint density at radius 1 is 1.29 bits per heavy atom. The third-order valence-electron chi connectivity index (χ3n) is 1.72. The molecule has 0 bridgehead atoms. The molecule has 1 aromatic rings. The minimum Gasteiger partial charge on any atom is -0.350 e. The van der Waals surface area contributed by atoms with Gasteiger partial charge in [-0.2, -0.15) is 0 Å². The van der Waals surface area contributed by atoms with Crippen molar-refractivity contribution >= 4 is 47.2 Å². The summed E-state index contributed by atoms with van der Waals surface area (Å²) in [4.78, 5) is 23.0. The fourth-order valence-electron chi connectivity index (χ4n) is 0.946. The van der Waals surface area contributed by atoms with Crippen LogP contribution in [0.5, 0.6) is 0 Å². The molecule has 0 aliphatic carbocycles. The molecule has 4 N–H and O–H groups in total. The average molecular weight is 298 g/mol. The molecule has 0 aromatic carbocycles. The van der Waals surface area contributed by atoms with Crippen molar-refractivity contribution < 1.29 is 9.59 Å². The Labute approximate surface area is 114 Å². The Balaban J connectivity index is 0.00000256. The summed E-state index contributed by atoms with van der Waals surface area (Å²) < 4.78 is 0.681. The van der Waals surface area contributed by atoms with E-state index in [0.717, 1.165) is 4.88 Å². The van der Waals surface area contributed by atoms with Gasteiger partial charge >= 0.3 is 0 Å². The number of hydrogen-bond donors (Lipinski definition) is 3. The summed E-state index contributed by atoms with van der Waals surface area (Å²) in [6.45, 7) is 0.234. The van der Waals surface area contributed by atoms with Gasteiger partial charge in [0.2, 0.25) is 11.8 Å². The third-order valence-corrected chi connectivity index (χ3v) is 2.95. The van der Waals surface area contributed by atoms with Gasteiger partial charge in [-0.3, -0.25) is 9.59 Å². The van der Waals surface area contributed by atoms with Crippen molar-refractivity contribution in [2.75, 3.05) is 13.1 Å². The van der Waals surface area contributed by atoms with E-state index in [0.29, 0.717) is 10.9 Å². The average Bonchev–Trinajstić information content (AvgIpc) is 2.69. The highest BCUT2D eigenvalue weighted by atomic mass is 35.5. The third kappa shape index (κ3) is 6.48. The number of thiophene rings is 1. The van der Waals surface area contributed by atoms with Crippen molar-refractivity contribution in [3.63, 3.8) is 0 Å². The summed E-state index contributed by atoms with van der Waals surface area (Å²) >= 11 is 7.13. The van der Waals surface area contributed by atoms with Crippen molar-refractivity contribution in [1.82, 2.24) is 10.6 Å². The minimum absolute atomic E-state index is 0. The van der Waals surface area contributed by atoms with Crippen LogP contribution < -0.4 is 16.4 Å². The van der Waals surface area contributed by atoms with Crippen LogP contribution in [0.3, 0.4) is 0 Å². The molecule has 2 amide bonds. The largest absolute Gasteiger partial charge is 0.350 e. The molecule has 1 aromatic heterocycles. The number of halogens is 2. The highest BCUT2D eigenvalue weighted by Crippen LogP contribution is 2.20. The molecule has 0 aliphatic heterocycles. The lowest BCUT2D eigenvalue weighted by Gasteiger charge is -2.04. The van der Waals surface area contributed by atoms with Crippen LogP contribution in [-0.4, -0.2) is 24.9 Å². The lowest BCUT2D eigenvalue weighted by molar-refractivity contribution is -0.125. The summed E-state index contributed by atoms with van der Waals surface area (Å²) in [6, 6.07) is 3.61. The van der Waals surface area contributed by atoms with Crippen LogP contribution in [0.25, 0.3) is 0 Å². The van der Waals surface area contributed by atoms with Gasteiger partial charge in [-0.05, 0) is 12.1 Å². The van der Waals surface area contributed by atoms with E-state index in [-0.39, 0.29) is 37.3 Å². The number of nitrogens with two attached hydrogens (primary N) is 1. The zero-order valence-corrected chi connectivity index (χ0v) is 11.3. The molecule has 0 aliphatic rings. The smallest absolute Gasteiger partial charge is 0.239 e. The van der Waals surface area contributed by atoms with Crippen molar-refractivity contribution in [1.29, 1.82) is 0 Å². The standard InChI is InChI=1S/C9H12ClN3O2S.ClH/c10-7-2-1-6(16-7)4-12-9(15)5-13-8(14)3-11;/h1-2H,3-5,11H2,(H,12,15)(H,13,14);1H. The second-order valence-electron chi connectivity index (χ2n) is 2.96. The van der Waals surface area contributed by atoms with E-state index >= 15 is 0 Å². The summed E-state index contributed by atoms with van der Waals surface area (Å²) in [5.74, 6) is -0.611. The number of carbonyl (C=O) groups is 2. The molecule has 0 atom stereocenters. The van der Waals surface area contributed by atoms with Gasteiger partial charge in [-0.15, -0.1) is 23.7 Å². The first-order valence-corrected chi connectivity index (χ1v) is 5.79. The van der Waals surface area contributed by atoms with Crippen LogP contribution in [-0.2, 0) is 16.1 Å². The van der Waals surface area contributed by atoms with Gasteiger partial charge in [0.25, 0.3) is 0 Å². The van der Waals surface area contributed by atoms with Crippen LogP contribution in [0.15, 0.2) is 12.1 Å². The van der Waals surface area contributed by atoms with Crippen molar-refractivity contribution in [3.8, 4) is 0 Å². The molecule has 0 fully saturated rings. The van der Waals surface area contributed by atoms with E-state index in [1.54, 1.807) is 6.07 Å². The summed E-state index contributed by atoms with van der Waals surface area (Å²) in [5, 5.41) is 5.02. The van der Waals surface area contributed by atoms with E-state index in [2.05, 4.69) is 10.6 Å². The van der Waals surface area contributed by atoms with E-state index in [1.165, 1.54) is 11.3 Å². The van der Waals surface area contributed by atoms with Gasteiger partial charge in [0.1, 0.15) is 0 Å². The molecule has 1 heterocycles. The van der Waals surface area contributed by atoms with Gasteiger partial charge in [0.05, 0.1) is 24.0 Å². The Morgan fingerprint density at radius 3 is 2.53 bits per heavy atom. The van der Waals surface area contributed by atoms with Crippen LogP contribution in [0.1, 0.15) is 4.88 Å². The van der Waals surface area contributed by atoms with Gasteiger partial charge in [-0.25, -0.2) is 0 Å². The maximum absolute atomic E-state index is 11.2.